The molecule has 0 aliphatic heterocycles. The second-order valence-corrected chi connectivity index (χ2v) is 5.67. The summed E-state index contributed by atoms with van der Waals surface area (Å²) in [6.07, 6.45) is 8.92. The predicted octanol–water partition coefficient (Wildman–Crippen LogP) is 3.54. The predicted molar refractivity (Wildman–Crippen MR) is 74.5 cm³/mol. The van der Waals surface area contributed by atoms with E-state index in [1.165, 1.54) is 6.08 Å². The van der Waals surface area contributed by atoms with Crippen molar-refractivity contribution in [2.24, 2.45) is 5.92 Å². The Bertz CT molecular complexity index is 308. The Balaban J connectivity index is 3.87. The van der Waals surface area contributed by atoms with E-state index in [1.54, 1.807) is 6.92 Å². The fraction of sp³-hybridized carbons (Fsp3) is 0.667. The van der Waals surface area contributed by atoms with Gasteiger partial charge in [0.25, 0.3) is 0 Å². The van der Waals surface area contributed by atoms with Gasteiger partial charge >= 0.3 is 5.97 Å². The highest BCUT2D eigenvalue weighted by Gasteiger charge is 2.12. The van der Waals surface area contributed by atoms with Gasteiger partial charge in [0, 0.05) is 6.08 Å². The standard InChI is InChI=1S/C15H26O3/c1-12(9-6-10-15(3,4)18)7-5-8-13(2)11-14(16)17/h5,8,11-12,18H,6-7,9-10H2,1-4H3,(H,16,17)/b8-5+,13-11+. The molecule has 0 bridgehead atoms. The largest absolute Gasteiger partial charge is 0.478 e. The molecule has 0 radical (unpaired) electrons. The first-order valence-corrected chi connectivity index (χ1v) is 6.51. The van der Waals surface area contributed by atoms with Crippen molar-refractivity contribution < 1.29 is 15.0 Å². The van der Waals surface area contributed by atoms with Crippen molar-refractivity contribution in [2.75, 3.05) is 0 Å². The lowest BCUT2D eigenvalue weighted by Gasteiger charge is -2.17. The second kappa shape index (κ2) is 8.09. The molecule has 0 fully saturated rings. The van der Waals surface area contributed by atoms with Gasteiger partial charge in [-0.05, 0) is 45.1 Å². The fourth-order valence-corrected chi connectivity index (χ4v) is 1.73. The SMILES string of the molecule is CC(/C=C/CC(C)CCCC(C)(C)O)=C\C(=O)O. The second-order valence-electron chi connectivity index (χ2n) is 5.67. The summed E-state index contributed by atoms with van der Waals surface area (Å²) < 4.78 is 0. The summed E-state index contributed by atoms with van der Waals surface area (Å²) in [6.45, 7) is 7.61. The Hall–Kier alpha value is -1.09. The van der Waals surface area contributed by atoms with Crippen LogP contribution in [0.1, 0.15) is 53.4 Å². The first-order chi connectivity index (χ1) is 8.20. The van der Waals surface area contributed by atoms with E-state index in [2.05, 4.69) is 6.92 Å². The molecule has 0 spiro atoms. The van der Waals surface area contributed by atoms with E-state index in [0.717, 1.165) is 31.3 Å². The van der Waals surface area contributed by atoms with Crippen molar-refractivity contribution >= 4 is 5.97 Å². The zero-order valence-electron chi connectivity index (χ0n) is 11.9. The van der Waals surface area contributed by atoms with Crippen molar-refractivity contribution in [3.05, 3.63) is 23.8 Å². The highest BCUT2D eigenvalue weighted by Crippen LogP contribution is 2.18. The van der Waals surface area contributed by atoms with Gasteiger partial charge in [0.1, 0.15) is 0 Å². The lowest BCUT2D eigenvalue weighted by atomic mass is 9.95. The number of aliphatic carboxylic acids is 1. The first-order valence-electron chi connectivity index (χ1n) is 6.51. The normalized spacial score (nSPS) is 15.1. The van der Waals surface area contributed by atoms with Crippen LogP contribution in [-0.2, 0) is 4.79 Å². The van der Waals surface area contributed by atoms with Gasteiger partial charge < -0.3 is 10.2 Å². The van der Waals surface area contributed by atoms with Crippen LogP contribution in [0.25, 0.3) is 0 Å². The van der Waals surface area contributed by atoms with Crippen LogP contribution in [0, 0.1) is 5.92 Å². The molecule has 0 saturated heterocycles. The third kappa shape index (κ3) is 11.4. The van der Waals surface area contributed by atoms with Crippen molar-refractivity contribution in [1.29, 1.82) is 0 Å². The van der Waals surface area contributed by atoms with Gasteiger partial charge in [-0.1, -0.05) is 31.9 Å². The highest BCUT2D eigenvalue weighted by molar-refractivity contribution is 5.81. The molecule has 3 nitrogen and oxygen atoms in total. The summed E-state index contributed by atoms with van der Waals surface area (Å²) in [5.74, 6) is -0.350. The summed E-state index contributed by atoms with van der Waals surface area (Å²) in [4.78, 5) is 10.4. The summed E-state index contributed by atoms with van der Waals surface area (Å²) in [7, 11) is 0. The number of carboxylic acids is 1. The van der Waals surface area contributed by atoms with Gasteiger partial charge in [0.2, 0.25) is 0 Å². The molecule has 1 atom stereocenters. The van der Waals surface area contributed by atoms with Crippen molar-refractivity contribution in [1.82, 2.24) is 0 Å². The molecule has 0 aliphatic rings. The van der Waals surface area contributed by atoms with E-state index in [4.69, 9.17) is 5.11 Å². The van der Waals surface area contributed by atoms with Gasteiger partial charge in [-0.15, -0.1) is 0 Å². The minimum Gasteiger partial charge on any atom is -0.478 e. The van der Waals surface area contributed by atoms with Crippen LogP contribution in [0.15, 0.2) is 23.8 Å². The topological polar surface area (TPSA) is 57.5 Å². The molecule has 18 heavy (non-hydrogen) atoms. The number of hydrogen-bond acceptors (Lipinski definition) is 2. The van der Waals surface area contributed by atoms with E-state index in [0.29, 0.717) is 5.92 Å². The lowest BCUT2D eigenvalue weighted by molar-refractivity contribution is -0.131. The monoisotopic (exact) mass is 254 g/mol. The molecule has 2 N–H and O–H groups in total. The molecule has 0 aromatic heterocycles. The van der Waals surface area contributed by atoms with Crippen LogP contribution in [0.3, 0.4) is 0 Å². The van der Waals surface area contributed by atoms with Crippen molar-refractivity contribution in [3.63, 3.8) is 0 Å². The minimum absolute atomic E-state index is 0.557. The number of rotatable bonds is 8. The zero-order chi connectivity index (χ0) is 14.2. The zero-order valence-corrected chi connectivity index (χ0v) is 11.9. The number of hydrogen-bond donors (Lipinski definition) is 2. The van der Waals surface area contributed by atoms with Crippen LogP contribution < -0.4 is 0 Å². The Morgan fingerprint density at radius 2 is 2.00 bits per heavy atom. The number of carbonyl (C=O) groups is 1. The van der Waals surface area contributed by atoms with Gasteiger partial charge in [-0.25, -0.2) is 4.79 Å². The summed E-state index contributed by atoms with van der Waals surface area (Å²) in [5, 5.41) is 18.1. The maximum atomic E-state index is 10.4. The summed E-state index contributed by atoms with van der Waals surface area (Å²) in [5.41, 5.74) is 0.183. The molecule has 0 aromatic rings. The van der Waals surface area contributed by atoms with Crippen LogP contribution in [0.5, 0.6) is 0 Å². The number of carboxylic acid groups (broad SMARTS) is 1. The van der Waals surface area contributed by atoms with E-state index in [9.17, 15) is 9.90 Å². The molecular weight excluding hydrogens is 228 g/mol. The average molecular weight is 254 g/mol. The average Bonchev–Trinajstić information content (AvgIpc) is 2.13. The molecular formula is C15H26O3. The van der Waals surface area contributed by atoms with E-state index in [1.807, 2.05) is 26.0 Å². The number of aliphatic hydroxyl groups is 1. The maximum absolute atomic E-state index is 10.4. The van der Waals surface area contributed by atoms with Crippen molar-refractivity contribution in [2.45, 2.75) is 59.0 Å². The van der Waals surface area contributed by atoms with Crippen LogP contribution in [-0.4, -0.2) is 21.8 Å². The summed E-state index contributed by atoms with van der Waals surface area (Å²) in [6, 6.07) is 0. The van der Waals surface area contributed by atoms with E-state index < -0.39 is 11.6 Å². The Kier molecular flexibility index (Phi) is 7.60. The van der Waals surface area contributed by atoms with Crippen LogP contribution in [0.2, 0.25) is 0 Å². The summed E-state index contributed by atoms with van der Waals surface area (Å²) >= 11 is 0. The lowest BCUT2D eigenvalue weighted by Crippen LogP contribution is -2.18. The maximum Gasteiger partial charge on any atom is 0.328 e. The molecule has 0 saturated carbocycles. The highest BCUT2D eigenvalue weighted by atomic mass is 16.4. The first kappa shape index (κ1) is 16.9. The Morgan fingerprint density at radius 1 is 1.39 bits per heavy atom. The number of allylic oxidation sites excluding steroid dienone is 3. The van der Waals surface area contributed by atoms with Crippen LogP contribution in [0.4, 0.5) is 0 Å². The molecule has 0 amide bonds. The molecule has 3 heteroatoms. The molecule has 104 valence electrons. The molecule has 0 rings (SSSR count). The van der Waals surface area contributed by atoms with Crippen molar-refractivity contribution in [3.8, 4) is 0 Å². The molecule has 0 heterocycles. The minimum atomic E-state index is -0.907. The van der Waals surface area contributed by atoms with Gasteiger partial charge in [-0.2, -0.15) is 0 Å². The molecule has 0 aromatic carbocycles. The van der Waals surface area contributed by atoms with E-state index in [-0.39, 0.29) is 0 Å². The van der Waals surface area contributed by atoms with Gasteiger partial charge in [0.05, 0.1) is 5.60 Å². The van der Waals surface area contributed by atoms with Gasteiger partial charge in [0.15, 0.2) is 0 Å². The quantitative estimate of drug-likeness (QED) is 0.514. The van der Waals surface area contributed by atoms with E-state index >= 15 is 0 Å². The third-order valence-electron chi connectivity index (χ3n) is 2.76. The smallest absolute Gasteiger partial charge is 0.328 e. The molecule has 1 unspecified atom stereocenters. The Morgan fingerprint density at radius 3 is 2.50 bits per heavy atom. The fourth-order valence-electron chi connectivity index (χ4n) is 1.73. The third-order valence-corrected chi connectivity index (χ3v) is 2.76. The Labute approximate surface area is 110 Å². The van der Waals surface area contributed by atoms with Crippen LogP contribution >= 0.6 is 0 Å². The molecule has 0 aliphatic carbocycles. The van der Waals surface area contributed by atoms with Gasteiger partial charge in [-0.3, -0.25) is 0 Å².